The highest BCUT2D eigenvalue weighted by molar-refractivity contribution is 5.92. The largest absolute Gasteiger partial charge is 0.491 e. The molecule has 1 aromatic heterocycles. The molecule has 1 amide bonds. The fraction of sp³-hybridized carbons (Fsp3) is 0.250. The third kappa shape index (κ3) is 4.27. The Bertz CT molecular complexity index is 874. The molecule has 0 saturated heterocycles. The minimum absolute atomic E-state index is 0.100. The van der Waals surface area contributed by atoms with Crippen molar-refractivity contribution >= 4 is 5.91 Å². The summed E-state index contributed by atoms with van der Waals surface area (Å²) in [6.45, 7) is 5.88. The van der Waals surface area contributed by atoms with Crippen LogP contribution in [0.4, 0.5) is 0 Å². The van der Waals surface area contributed by atoms with Crippen molar-refractivity contribution in [1.82, 2.24) is 20.3 Å². The molecule has 3 rings (SSSR count). The number of hydrogen-bond acceptors (Lipinski definition) is 4. The predicted molar refractivity (Wildman–Crippen MR) is 99.4 cm³/mol. The molecule has 1 unspecified atom stereocenters. The van der Waals surface area contributed by atoms with E-state index in [1.165, 1.54) is 11.0 Å². The Labute approximate surface area is 152 Å². The van der Waals surface area contributed by atoms with E-state index in [4.69, 9.17) is 4.74 Å². The van der Waals surface area contributed by atoms with Crippen molar-refractivity contribution in [3.8, 4) is 11.4 Å². The second-order valence-electron chi connectivity index (χ2n) is 6.29. The monoisotopic (exact) mass is 350 g/mol. The number of carbonyl (C=O) groups excluding carboxylic acids is 1. The molecule has 1 heterocycles. The third-order valence-electron chi connectivity index (χ3n) is 3.79. The molecule has 1 atom stereocenters. The second-order valence-corrected chi connectivity index (χ2v) is 6.29. The first-order valence-electron chi connectivity index (χ1n) is 8.58. The lowest BCUT2D eigenvalue weighted by molar-refractivity contribution is 0.0934. The van der Waals surface area contributed by atoms with Crippen LogP contribution in [0.15, 0.2) is 60.8 Å². The average Bonchev–Trinajstić information content (AvgIpc) is 3.12. The van der Waals surface area contributed by atoms with Gasteiger partial charge in [0.15, 0.2) is 5.69 Å². The van der Waals surface area contributed by atoms with Gasteiger partial charge in [0.25, 0.3) is 5.91 Å². The Morgan fingerprint density at radius 1 is 1.08 bits per heavy atom. The van der Waals surface area contributed by atoms with Crippen molar-refractivity contribution in [1.29, 1.82) is 0 Å². The quantitative estimate of drug-likeness (QED) is 0.738. The number of ether oxygens (including phenoxy) is 1. The van der Waals surface area contributed by atoms with Crippen LogP contribution >= 0.6 is 0 Å². The van der Waals surface area contributed by atoms with E-state index in [9.17, 15) is 4.79 Å². The maximum absolute atomic E-state index is 12.5. The summed E-state index contributed by atoms with van der Waals surface area (Å²) in [4.78, 5) is 13.9. The molecule has 0 aliphatic carbocycles. The Kier molecular flexibility index (Phi) is 5.31. The van der Waals surface area contributed by atoms with Crippen LogP contribution in [-0.2, 0) is 0 Å². The van der Waals surface area contributed by atoms with Gasteiger partial charge in [-0.3, -0.25) is 4.79 Å². The molecule has 2 aromatic carbocycles. The summed E-state index contributed by atoms with van der Waals surface area (Å²) in [7, 11) is 0. The first-order chi connectivity index (χ1) is 12.5. The Hall–Kier alpha value is -3.15. The van der Waals surface area contributed by atoms with E-state index in [0.29, 0.717) is 0 Å². The molecular weight excluding hydrogens is 328 g/mol. The zero-order chi connectivity index (χ0) is 18.5. The van der Waals surface area contributed by atoms with Crippen LogP contribution in [0.5, 0.6) is 5.75 Å². The lowest BCUT2D eigenvalue weighted by Crippen LogP contribution is -2.27. The maximum atomic E-state index is 12.5. The van der Waals surface area contributed by atoms with Crippen molar-refractivity contribution in [3.05, 3.63) is 72.1 Å². The van der Waals surface area contributed by atoms with Gasteiger partial charge in [0.2, 0.25) is 0 Å². The van der Waals surface area contributed by atoms with Crippen LogP contribution < -0.4 is 10.1 Å². The SMILES string of the molecule is CC(C)Oc1cccc(C(C)NC(=O)c2cnn(-c3ccccc3)n2)c1. The number of nitrogens with zero attached hydrogens (tertiary/aromatic N) is 3. The van der Waals surface area contributed by atoms with Crippen LogP contribution in [0.1, 0.15) is 42.9 Å². The molecule has 134 valence electrons. The molecule has 0 radical (unpaired) electrons. The summed E-state index contributed by atoms with van der Waals surface area (Å²) in [6.07, 6.45) is 1.57. The van der Waals surface area contributed by atoms with Crippen molar-refractivity contribution < 1.29 is 9.53 Å². The van der Waals surface area contributed by atoms with Gasteiger partial charge in [0, 0.05) is 0 Å². The summed E-state index contributed by atoms with van der Waals surface area (Å²) in [5.41, 5.74) is 2.04. The highest BCUT2D eigenvalue weighted by atomic mass is 16.5. The molecule has 0 aliphatic rings. The van der Waals surface area contributed by atoms with Crippen molar-refractivity contribution in [2.75, 3.05) is 0 Å². The lowest BCUT2D eigenvalue weighted by Gasteiger charge is -2.16. The minimum atomic E-state index is -0.269. The van der Waals surface area contributed by atoms with Gasteiger partial charge in [-0.15, -0.1) is 5.10 Å². The van der Waals surface area contributed by atoms with Gasteiger partial charge < -0.3 is 10.1 Å². The Morgan fingerprint density at radius 3 is 2.58 bits per heavy atom. The highest BCUT2D eigenvalue weighted by Crippen LogP contribution is 2.20. The van der Waals surface area contributed by atoms with Crippen molar-refractivity contribution in [2.24, 2.45) is 0 Å². The number of para-hydroxylation sites is 1. The molecule has 0 spiro atoms. The Balaban J connectivity index is 1.69. The molecule has 6 nitrogen and oxygen atoms in total. The van der Waals surface area contributed by atoms with E-state index in [-0.39, 0.29) is 23.7 Å². The van der Waals surface area contributed by atoms with E-state index in [1.807, 2.05) is 75.4 Å². The summed E-state index contributed by atoms with van der Waals surface area (Å²) < 4.78 is 5.71. The number of carbonyl (C=O) groups is 1. The molecule has 0 bridgehead atoms. The summed E-state index contributed by atoms with van der Waals surface area (Å²) >= 11 is 0. The van der Waals surface area contributed by atoms with E-state index >= 15 is 0 Å². The summed E-state index contributed by atoms with van der Waals surface area (Å²) in [5, 5.41) is 11.4. The number of hydrogen-bond donors (Lipinski definition) is 1. The smallest absolute Gasteiger partial charge is 0.273 e. The molecule has 0 fully saturated rings. The van der Waals surface area contributed by atoms with Gasteiger partial charge in [0.05, 0.1) is 24.0 Å². The zero-order valence-electron chi connectivity index (χ0n) is 15.1. The van der Waals surface area contributed by atoms with E-state index in [0.717, 1.165) is 17.0 Å². The van der Waals surface area contributed by atoms with Crippen LogP contribution in [0.25, 0.3) is 5.69 Å². The van der Waals surface area contributed by atoms with Crippen LogP contribution in [0.3, 0.4) is 0 Å². The van der Waals surface area contributed by atoms with Gasteiger partial charge in [-0.05, 0) is 50.6 Å². The van der Waals surface area contributed by atoms with E-state index < -0.39 is 0 Å². The van der Waals surface area contributed by atoms with E-state index in [1.54, 1.807) is 0 Å². The van der Waals surface area contributed by atoms with Gasteiger partial charge in [0.1, 0.15) is 5.75 Å². The average molecular weight is 350 g/mol. The highest BCUT2D eigenvalue weighted by Gasteiger charge is 2.15. The molecular formula is C20H22N4O2. The molecule has 1 N–H and O–H groups in total. The number of nitrogens with one attached hydrogen (secondary N) is 1. The van der Waals surface area contributed by atoms with Crippen LogP contribution in [0.2, 0.25) is 0 Å². The standard InChI is InChI=1S/C20H22N4O2/c1-14(2)26-18-11-7-8-16(12-18)15(3)22-20(25)19-13-21-24(23-19)17-9-5-4-6-10-17/h4-15H,1-3H3,(H,22,25). The molecule has 26 heavy (non-hydrogen) atoms. The summed E-state index contributed by atoms with van der Waals surface area (Å²) in [6, 6.07) is 17.0. The van der Waals surface area contributed by atoms with E-state index in [2.05, 4.69) is 15.5 Å². The topological polar surface area (TPSA) is 69.0 Å². The van der Waals surface area contributed by atoms with Crippen LogP contribution in [0, 0.1) is 0 Å². The number of aromatic nitrogens is 3. The lowest BCUT2D eigenvalue weighted by atomic mass is 10.1. The zero-order valence-corrected chi connectivity index (χ0v) is 15.1. The number of rotatable bonds is 6. The summed E-state index contributed by atoms with van der Waals surface area (Å²) in [5.74, 6) is 0.517. The molecule has 0 saturated carbocycles. The molecule has 3 aromatic rings. The minimum Gasteiger partial charge on any atom is -0.491 e. The van der Waals surface area contributed by atoms with Gasteiger partial charge in [-0.2, -0.15) is 9.90 Å². The predicted octanol–water partition coefficient (Wildman–Crippen LogP) is 3.55. The van der Waals surface area contributed by atoms with Gasteiger partial charge in [-0.1, -0.05) is 30.3 Å². The Morgan fingerprint density at radius 2 is 1.85 bits per heavy atom. The van der Waals surface area contributed by atoms with Gasteiger partial charge in [-0.25, -0.2) is 0 Å². The number of amides is 1. The first kappa shape index (κ1) is 17.7. The van der Waals surface area contributed by atoms with Crippen molar-refractivity contribution in [3.63, 3.8) is 0 Å². The first-order valence-corrected chi connectivity index (χ1v) is 8.58. The normalized spacial score (nSPS) is 12.0. The molecule has 0 aliphatic heterocycles. The molecule has 6 heteroatoms. The number of benzene rings is 2. The second kappa shape index (κ2) is 7.82. The van der Waals surface area contributed by atoms with Crippen LogP contribution in [-0.4, -0.2) is 27.0 Å². The third-order valence-corrected chi connectivity index (χ3v) is 3.79. The van der Waals surface area contributed by atoms with Gasteiger partial charge >= 0.3 is 0 Å². The maximum Gasteiger partial charge on any atom is 0.273 e. The fourth-order valence-corrected chi connectivity index (χ4v) is 2.54. The fourth-order valence-electron chi connectivity index (χ4n) is 2.54. The van der Waals surface area contributed by atoms with Crippen molar-refractivity contribution in [2.45, 2.75) is 32.9 Å².